The fourth-order valence-corrected chi connectivity index (χ4v) is 3.82. The molecule has 0 aliphatic rings. The van der Waals surface area contributed by atoms with Crippen LogP contribution in [0, 0.1) is 0 Å². The molecule has 3 rings (SSSR count). The summed E-state index contributed by atoms with van der Waals surface area (Å²) in [6.07, 6.45) is 0. The summed E-state index contributed by atoms with van der Waals surface area (Å²) in [5.74, 6) is -1.62. The van der Waals surface area contributed by atoms with Crippen molar-refractivity contribution in [2.45, 2.75) is 4.90 Å². The summed E-state index contributed by atoms with van der Waals surface area (Å²) in [5.41, 5.74) is 0.159. The van der Waals surface area contributed by atoms with Crippen molar-refractivity contribution in [3.8, 4) is 11.5 Å². The number of anilines is 1. The predicted molar refractivity (Wildman–Crippen MR) is 104 cm³/mol. The molecule has 0 fully saturated rings. The van der Waals surface area contributed by atoms with Crippen molar-refractivity contribution in [2.75, 3.05) is 11.3 Å². The second kappa shape index (κ2) is 7.45. The van der Waals surface area contributed by atoms with Crippen LogP contribution in [0.4, 0.5) is 5.69 Å². The van der Waals surface area contributed by atoms with E-state index >= 15 is 0 Å². The van der Waals surface area contributed by atoms with E-state index in [2.05, 4.69) is 20.7 Å². The van der Waals surface area contributed by atoms with E-state index in [4.69, 9.17) is 9.84 Å². The van der Waals surface area contributed by atoms with Crippen LogP contribution >= 0.6 is 15.9 Å². The average Bonchev–Trinajstić information content (AvgIpc) is 2.63. The van der Waals surface area contributed by atoms with Gasteiger partial charge in [-0.15, -0.1) is 0 Å². The maximum Gasteiger partial charge on any atom is 0.341 e. The molecule has 0 radical (unpaired) electrons. The number of aromatic hydroxyl groups is 1. The zero-order valence-corrected chi connectivity index (χ0v) is 16.1. The van der Waals surface area contributed by atoms with E-state index in [0.29, 0.717) is 10.8 Å². The molecule has 0 bridgehead atoms. The highest BCUT2D eigenvalue weighted by Crippen LogP contribution is 2.40. The van der Waals surface area contributed by atoms with Crippen LogP contribution in [0.15, 0.2) is 64.0 Å². The number of phenols is 1. The molecule has 0 aliphatic heterocycles. The number of fused-ring (bicyclic) bond motifs is 1. The number of benzene rings is 3. The molecule has 27 heavy (non-hydrogen) atoms. The Morgan fingerprint density at radius 3 is 2.33 bits per heavy atom. The largest absolute Gasteiger partial charge is 0.504 e. The number of aliphatic carboxylic acids is 1. The molecule has 0 saturated heterocycles. The zero-order valence-electron chi connectivity index (χ0n) is 13.7. The lowest BCUT2D eigenvalue weighted by Gasteiger charge is -2.15. The van der Waals surface area contributed by atoms with Crippen LogP contribution < -0.4 is 9.46 Å². The van der Waals surface area contributed by atoms with Crippen LogP contribution in [-0.4, -0.2) is 31.2 Å². The predicted octanol–water partition coefficient (Wildman–Crippen LogP) is 3.57. The number of carbonyl (C=O) groups is 1. The highest BCUT2D eigenvalue weighted by molar-refractivity contribution is 9.10. The third-order valence-electron chi connectivity index (χ3n) is 3.70. The molecular weight excluding hydrogens is 438 g/mol. The molecule has 0 aromatic heterocycles. The van der Waals surface area contributed by atoms with Gasteiger partial charge in [-0.25, -0.2) is 13.2 Å². The molecule has 140 valence electrons. The first-order valence-electron chi connectivity index (χ1n) is 7.65. The molecule has 0 spiro atoms. The first kappa shape index (κ1) is 19.0. The van der Waals surface area contributed by atoms with Crippen molar-refractivity contribution in [3.63, 3.8) is 0 Å². The van der Waals surface area contributed by atoms with Gasteiger partial charge in [-0.2, -0.15) is 0 Å². The van der Waals surface area contributed by atoms with Gasteiger partial charge in [0, 0.05) is 21.3 Å². The van der Waals surface area contributed by atoms with E-state index in [1.165, 1.54) is 18.2 Å². The van der Waals surface area contributed by atoms with Crippen molar-refractivity contribution < 1.29 is 28.2 Å². The molecule has 0 aliphatic carbocycles. The summed E-state index contributed by atoms with van der Waals surface area (Å²) in [4.78, 5) is 10.8. The number of nitrogens with one attached hydrogen (secondary N) is 1. The van der Waals surface area contributed by atoms with Crippen molar-refractivity contribution >= 4 is 48.4 Å². The standard InChI is InChI=1S/C18H14BrNO6S/c19-11-5-7-12(8-6-11)27(24,25)20-15-9-16(26-10-17(21)22)18(23)14-4-2-1-3-13(14)15/h1-9,20,23H,10H2,(H,21,22). The summed E-state index contributed by atoms with van der Waals surface area (Å²) in [7, 11) is -3.91. The lowest BCUT2D eigenvalue weighted by atomic mass is 10.1. The Kier molecular flexibility index (Phi) is 5.24. The second-order valence-corrected chi connectivity index (χ2v) is 8.16. The van der Waals surface area contributed by atoms with Gasteiger partial charge in [0.25, 0.3) is 10.0 Å². The molecule has 0 saturated carbocycles. The number of phenolic OH excluding ortho intramolecular Hbond substituents is 1. The van der Waals surface area contributed by atoms with E-state index in [1.807, 2.05) is 0 Å². The zero-order chi connectivity index (χ0) is 19.6. The quantitative estimate of drug-likeness (QED) is 0.493. The Labute approximate surface area is 163 Å². The fourth-order valence-electron chi connectivity index (χ4n) is 2.49. The van der Waals surface area contributed by atoms with Crippen LogP contribution in [0.2, 0.25) is 0 Å². The molecule has 0 heterocycles. The molecule has 3 aromatic carbocycles. The summed E-state index contributed by atoms with van der Waals surface area (Å²) in [6.45, 7) is -0.676. The molecule has 0 unspecified atom stereocenters. The number of hydrogen-bond acceptors (Lipinski definition) is 5. The fraction of sp³-hybridized carbons (Fsp3) is 0.0556. The first-order chi connectivity index (χ1) is 12.8. The van der Waals surface area contributed by atoms with Gasteiger partial charge in [-0.3, -0.25) is 4.72 Å². The van der Waals surface area contributed by atoms with E-state index < -0.39 is 22.6 Å². The Hall–Kier alpha value is -2.78. The number of rotatable bonds is 6. The van der Waals surface area contributed by atoms with Crippen LogP contribution in [0.25, 0.3) is 10.8 Å². The Bertz CT molecular complexity index is 1110. The van der Waals surface area contributed by atoms with Crippen molar-refractivity contribution in [2.24, 2.45) is 0 Å². The van der Waals surface area contributed by atoms with Gasteiger partial charge in [0.05, 0.1) is 10.6 Å². The second-order valence-electron chi connectivity index (χ2n) is 5.56. The SMILES string of the molecule is O=C(O)COc1cc(NS(=O)(=O)c2ccc(Br)cc2)c2ccccc2c1O. The van der Waals surface area contributed by atoms with Crippen LogP contribution in [0.5, 0.6) is 11.5 Å². The van der Waals surface area contributed by atoms with E-state index in [-0.39, 0.29) is 22.1 Å². The van der Waals surface area contributed by atoms with Crippen molar-refractivity contribution in [1.82, 2.24) is 0 Å². The topological polar surface area (TPSA) is 113 Å². The number of ether oxygens (including phenoxy) is 1. The highest BCUT2D eigenvalue weighted by Gasteiger charge is 2.19. The molecular formula is C18H14BrNO6S. The molecule has 0 amide bonds. The number of carboxylic acids is 1. The van der Waals surface area contributed by atoms with Gasteiger partial charge in [0.2, 0.25) is 0 Å². The minimum atomic E-state index is -3.91. The maximum absolute atomic E-state index is 12.7. The minimum absolute atomic E-state index is 0.0517. The summed E-state index contributed by atoms with van der Waals surface area (Å²) in [5, 5.41) is 19.9. The third-order valence-corrected chi connectivity index (χ3v) is 5.61. The highest BCUT2D eigenvalue weighted by atomic mass is 79.9. The van der Waals surface area contributed by atoms with Gasteiger partial charge in [-0.05, 0) is 24.3 Å². The molecule has 3 N–H and O–H groups in total. The van der Waals surface area contributed by atoms with Crippen LogP contribution in [-0.2, 0) is 14.8 Å². The first-order valence-corrected chi connectivity index (χ1v) is 9.93. The van der Waals surface area contributed by atoms with Crippen molar-refractivity contribution in [3.05, 3.63) is 59.1 Å². The Morgan fingerprint density at radius 1 is 1.07 bits per heavy atom. The third kappa shape index (κ3) is 4.15. The number of sulfonamides is 1. The van der Waals surface area contributed by atoms with Gasteiger partial charge >= 0.3 is 5.97 Å². The summed E-state index contributed by atoms with van der Waals surface area (Å²) in [6, 6.07) is 13.9. The minimum Gasteiger partial charge on any atom is -0.504 e. The summed E-state index contributed by atoms with van der Waals surface area (Å²) >= 11 is 3.25. The van der Waals surface area contributed by atoms with Crippen LogP contribution in [0.1, 0.15) is 0 Å². The monoisotopic (exact) mass is 451 g/mol. The lowest BCUT2D eigenvalue weighted by molar-refractivity contribution is -0.139. The van der Waals surface area contributed by atoms with Gasteiger partial charge < -0.3 is 14.9 Å². The smallest absolute Gasteiger partial charge is 0.341 e. The van der Waals surface area contributed by atoms with E-state index in [9.17, 15) is 18.3 Å². The molecule has 9 heteroatoms. The van der Waals surface area contributed by atoms with E-state index in [0.717, 1.165) is 4.47 Å². The van der Waals surface area contributed by atoms with Gasteiger partial charge in [-0.1, -0.05) is 40.2 Å². The molecule has 0 atom stereocenters. The van der Waals surface area contributed by atoms with Crippen LogP contribution in [0.3, 0.4) is 0 Å². The lowest BCUT2D eigenvalue weighted by Crippen LogP contribution is -2.14. The Morgan fingerprint density at radius 2 is 1.70 bits per heavy atom. The van der Waals surface area contributed by atoms with Gasteiger partial charge in [0.15, 0.2) is 18.1 Å². The molecule has 7 nitrogen and oxygen atoms in total. The molecule has 3 aromatic rings. The number of hydrogen-bond donors (Lipinski definition) is 3. The average molecular weight is 452 g/mol. The summed E-state index contributed by atoms with van der Waals surface area (Å²) < 4.78 is 33.7. The normalized spacial score (nSPS) is 11.3. The Balaban J connectivity index is 2.08. The number of halogens is 1. The number of carboxylic acid groups (broad SMARTS) is 1. The van der Waals surface area contributed by atoms with Crippen molar-refractivity contribution in [1.29, 1.82) is 0 Å². The maximum atomic E-state index is 12.7. The van der Waals surface area contributed by atoms with E-state index in [1.54, 1.807) is 36.4 Å². The van der Waals surface area contributed by atoms with Gasteiger partial charge in [0.1, 0.15) is 0 Å².